The summed E-state index contributed by atoms with van der Waals surface area (Å²) in [5.41, 5.74) is 4.48. The fourth-order valence-corrected chi connectivity index (χ4v) is 3.66. The van der Waals surface area contributed by atoms with Crippen LogP contribution < -0.4 is 4.90 Å². The number of carbonyl (C=O) groups is 1. The molecule has 26 heavy (non-hydrogen) atoms. The van der Waals surface area contributed by atoms with Gasteiger partial charge < -0.3 is 0 Å². The van der Waals surface area contributed by atoms with Crippen LogP contribution in [0.3, 0.4) is 0 Å². The van der Waals surface area contributed by atoms with Gasteiger partial charge >= 0.3 is 0 Å². The summed E-state index contributed by atoms with van der Waals surface area (Å²) < 4.78 is 0. The molecule has 128 valence electrons. The van der Waals surface area contributed by atoms with Crippen molar-refractivity contribution in [1.29, 1.82) is 0 Å². The fraction of sp³-hybridized carbons (Fsp3) is 0.0909. The number of anilines is 1. The fourth-order valence-electron chi connectivity index (χ4n) is 3.01. The van der Waals surface area contributed by atoms with Gasteiger partial charge in [0.1, 0.15) is 11.5 Å². The minimum Gasteiger partial charge on any atom is -0.266 e. The van der Waals surface area contributed by atoms with E-state index in [0.29, 0.717) is 11.5 Å². The van der Waals surface area contributed by atoms with Gasteiger partial charge in [-0.15, -0.1) is 11.3 Å². The summed E-state index contributed by atoms with van der Waals surface area (Å²) in [5.74, 6) is 0.576. The molecule has 0 fully saturated rings. The number of aliphatic imine (C=N–C) groups is 1. The van der Waals surface area contributed by atoms with Crippen molar-refractivity contribution < 1.29 is 4.79 Å². The van der Waals surface area contributed by atoms with Crippen molar-refractivity contribution in [1.82, 2.24) is 0 Å². The number of hydrogen-bond acceptors (Lipinski definition) is 3. The molecule has 0 unspecified atom stereocenters. The van der Waals surface area contributed by atoms with E-state index in [4.69, 9.17) is 4.99 Å². The van der Waals surface area contributed by atoms with Gasteiger partial charge in [-0.05, 0) is 55.1 Å². The summed E-state index contributed by atoms with van der Waals surface area (Å²) in [6.07, 6.45) is 1.86. The molecule has 4 heteroatoms. The Morgan fingerprint density at radius 2 is 1.73 bits per heavy atom. The minimum absolute atomic E-state index is 0.0968. The Hall–Kier alpha value is -2.98. The van der Waals surface area contributed by atoms with Crippen molar-refractivity contribution >= 4 is 34.8 Å². The van der Waals surface area contributed by atoms with Gasteiger partial charge in [-0.1, -0.05) is 42.0 Å². The Balaban J connectivity index is 1.85. The summed E-state index contributed by atoms with van der Waals surface area (Å²) in [7, 11) is 0. The molecule has 1 aromatic heterocycles. The van der Waals surface area contributed by atoms with Crippen LogP contribution in [-0.4, -0.2) is 11.7 Å². The highest BCUT2D eigenvalue weighted by molar-refractivity contribution is 7.10. The Labute approximate surface area is 156 Å². The van der Waals surface area contributed by atoms with E-state index in [0.717, 1.165) is 27.3 Å². The first kappa shape index (κ1) is 16.5. The molecule has 0 spiro atoms. The van der Waals surface area contributed by atoms with Crippen LogP contribution in [-0.2, 0) is 4.79 Å². The van der Waals surface area contributed by atoms with E-state index in [-0.39, 0.29) is 5.91 Å². The number of amides is 1. The Morgan fingerprint density at radius 3 is 2.42 bits per heavy atom. The van der Waals surface area contributed by atoms with Gasteiger partial charge in [-0.25, -0.2) is 4.99 Å². The number of benzene rings is 2. The van der Waals surface area contributed by atoms with Gasteiger partial charge in [0.15, 0.2) is 0 Å². The zero-order valence-corrected chi connectivity index (χ0v) is 15.5. The lowest BCUT2D eigenvalue weighted by Gasteiger charge is -2.19. The molecular formula is C22H18N2OS. The first-order valence-electron chi connectivity index (χ1n) is 8.44. The van der Waals surface area contributed by atoms with Crippen LogP contribution in [0.2, 0.25) is 0 Å². The van der Waals surface area contributed by atoms with Crippen LogP contribution in [0.1, 0.15) is 21.6 Å². The van der Waals surface area contributed by atoms with Gasteiger partial charge in [-0.3, -0.25) is 9.69 Å². The number of amidine groups is 1. The summed E-state index contributed by atoms with van der Waals surface area (Å²) in [6.45, 7) is 4.07. The number of nitrogens with zero attached hydrogens (tertiary/aromatic N) is 2. The SMILES string of the molecule is Cc1cccc(C2=N/C(=C/c3cccs3)C(=O)N2c2cccc(C)c2)c1. The summed E-state index contributed by atoms with van der Waals surface area (Å²) in [5, 5.41) is 2.00. The molecule has 0 atom stereocenters. The molecule has 2 heterocycles. The van der Waals surface area contributed by atoms with Crippen LogP contribution in [0.25, 0.3) is 6.08 Å². The van der Waals surface area contributed by atoms with Crippen molar-refractivity contribution in [3.8, 4) is 0 Å². The highest BCUT2D eigenvalue weighted by Gasteiger charge is 2.32. The first-order valence-corrected chi connectivity index (χ1v) is 9.32. The van der Waals surface area contributed by atoms with E-state index in [1.54, 1.807) is 16.2 Å². The van der Waals surface area contributed by atoms with Gasteiger partial charge in [0.25, 0.3) is 5.91 Å². The van der Waals surface area contributed by atoms with Gasteiger partial charge in [0, 0.05) is 10.4 Å². The van der Waals surface area contributed by atoms with Crippen LogP contribution in [0.5, 0.6) is 0 Å². The van der Waals surface area contributed by atoms with Crippen molar-refractivity contribution in [2.75, 3.05) is 4.90 Å². The van der Waals surface area contributed by atoms with Crippen molar-refractivity contribution in [3.05, 3.63) is 93.3 Å². The maximum absolute atomic E-state index is 13.2. The van der Waals surface area contributed by atoms with Crippen LogP contribution in [0, 0.1) is 13.8 Å². The lowest BCUT2D eigenvalue weighted by atomic mass is 10.1. The highest BCUT2D eigenvalue weighted by Crippen LogP contribution is 2.29. The molecule has 0 bridgehead atoms. The molecule has 3 aromatic rings. The zero-order valence-electron chi connectivity index (χ0n) is 14.6. The quantitative estimate of drug-likeness (QED) is 0.592. The lowest BCUT2D eigenvalue weighted by Crippen LogP contribution is -2.32. The second-order valence-corrected chi connectivity index (χ2v) is 7.31. The van der Waals surface area contributed by atoms with Gasteiger partial charge in [-0.2, -0.15) is 0 Å². The van der Waals surface area contributed by atoms with E-state index < -0.39 is 0 Å². The molecule has 1 aliphatic rings. The monoisotopic (exact) mass is 358 g/mol. The van der Waals surface area contributed by atoms with Crippen molar-refractivity contribution in [2.24, 2.45) is 4.99 Å². The predicted octanol–water partition coefficient (Wildman–Crippen LogP) is 5.20. The van der Waals surface area contributed by atoms with Crippen LogP contribution in [0.4, 0.5) is 5.69 Å². The predicted molar refractivity (Wildman–Crippen MR) is 109 cm³/mol. The third-order valence-corrected chi connectivity index (χ3v) is 5.04. The summed E-state index contributed by atoms with van der Waals surface area (Å²) in [6, 6.07) is 20.0. The van der Waals surface area contributed by atoms with Crippen molar-refractivity contribution in [3.63, 3.8) is 0 Å². The van der Waals surface area contributed by atoms with E-state index in [1.165, 1.54) is 0 Å². The summed E-state index contributed by atoms with van der Waals surface area (Å²) in [4.78, 5) is 20.6. The third kappa shape index (κ3) is 3.11. The molecule has 1 amide bonds. The van der Waals surface area contributed by atoms with Crippen LogP contribution >= 0.6 is 11.3 Å². The Morgan fingerprint density at radius 1 is 0.962 bits per heavy atom. The highest BCUT2D eigenvalue weighted by atomic mass is 32.1. The van der Waals surface area contributed by atoms with Crippen LogP contribution in [0.15, 0.2) is 76.7 Å². The van der Waals surface area contributed by atoms with E-state index in [2.05, 4.69) is 6.07 Å². The normalized spacial score (nSPS) is 15.6. The Kier molecular flexibility index (Phi) is 4.27. The molecular weight excluding hydrogens is 340 g/mol. The smallest absolute Gasteiger partial charge is 0.266 e. The third-order valence-electron chi connectivity index (χ3n) is 4.22. The largest absolute Gasteiger partial charge is 0.282 e. The molecule has 0 saturated heterocycles. The van der Waals surface area contributed by atoms with Crippen molar-refractivity contribution in [2.45, 2.75) is 13.8 Å². The molecule has 0 aliphatic carbocycles. The topological polar surface area (TPSA) is 32.7 Å². The average molecular weight is 358 g/mol. The summed E-state index contributed by atoms with van der Waals surface area (Å²) >= 11 is 1.59. The first-order chi connectivity index (χ1) is 12.6. The second kappa shape index (κ2) is 6.73. The number of hydrogen-bond donors (Lipinski definition) is 0. The Bertz CT molecular complexity index is 1030. The standard InChI is InChI=1S/C22H18N2OS/c1-15-6-3-8-17(12-15)21-23-20(14-19-10-5-11-26-19)22(25)24(21)18-9-4-7-16(2)13-18/h3-14H,1-2H3/b20-14+. The van der Waals surface area contributed by atoms with Gasteiger partial charge in [0.2, 0.25) is 0 Å². The molecule has 4 rings (SSSR count). The maximum atomic E-state index is 13.2. The number of rotatable bonds is 3. The average Bonchev–Trinajstić information content (AvgIpc) is 3.24. The molecule has 2 aromatic carbocycles. The van der Waals surface area contributed by atoms with Gasteiger partial charge in [0.05, 0.1) is 5.69 Å². The van der Waals surface area contributed by atoms with E-state index >= 15 is 0 Å². The van der Waals surface area contributed by atoms with E-state index in [1.807, 2.05) is 79.9 Å². The second-order valence-electron chi connectivity index (χ2n) is 6.33. The molecule has 3 nitrogen and oxygen atoms in total. The lowest BCUT2D eigenvalue weighted by molar-refractivity contribution is -0.113. The number of aryl methyl sites for hydroxylation is 2. The minimum atomic E-state index is -0.0968. The molecule has 0 radical (unpaired) electrons. The molecule has 0 saturated carbocycles. The maximum Gasteiger partial charge on any atom is 0.282 e. The molecule has 0 N–H and O–H groups in total. The number of carbonyl (C=O) groups excluding carboxylic acids is 1. The number of thiophene rings is 1. The van der Waals surface area contributed by atoms with E-state index in [9.17, 15) is 4.79 Å². The zero-order chi connectivity index (χ0) is 18.1. The molecule has 1 aliphatic heterocycles.